The summed E-state index contributed by atoms with van der Waals surface area (Å²) < 4.78 is 0.279. The normalized spacial score (nSPS) is 20.7. The summed E-state index contributed by atoms with van der Waals surface area (Å²) in [4.78, 5) is 11.7. The Labute approximate surface area is 103 Å². The van der Waals surface area contributed by atoms with E-state index in [2.05, 4.69) is 11.6 Å². The quantitative estimate of drug-likeness (QED) is 0.750. The van der Waals surface area contributed by atoms with Gasteiger partial charge < -0.3 is 11.1 Å². The molecular formula is C12H24N2OS. The molecule has 0 spiro atoms. The van der Waals surface area contributed by atoms with Gasteiger partial charge in [-0.2, -0.15) is 11.8 Å². The fraction of sp³-hybridized carbons (Fsp3) is 0.917. The summed E-state index contributed by atoms with van der Waals surface area (Å²) in [6.45, 7) is 2.83. The van der Waals surface area contributed by atoms with Gasteiger partial charge in [-0.15, -0.1) is 0 Å². The van der Waals surface area contributed by atoms with E-state index in [1.807, 2.05) is 18.7 Å². The highest BCUT2D eigenvalue weighted by atomic mass is 32.2. The van der Waals surface area contributed by atoms with Crippen molar-refractivity contribution in [3.8, 4) is 0 Å². The SMILES string of the molecule is CCC[C@@H](N)C(=O)NCC1(SC)CCCC1. The second-order valence-electron chi connectivity index (χ2n) is 4.71. The number of rotatable bonds is 6. The van der Waals surface area contributed by atoms with Crippen molar-refractivity contribution in [3.05, 3.63) is 0 Å². The molecular weight excluding hydrogens is 220 g/mol. The molecule has 1 rings (SSSR count). The molecule has 0 aromatic rings. The third-order valence-electron chi connectivity index (χ3n) is 3.47. The Hall–Kier alpha value is -0.220. The lowest BCUT2D eigenvalue weighted by molar-refractivity contribution is -0.122. The number of nitrogens with two attached hydrogens (primary N) is 1. The Kier molecular flexibility index (Phi) is 5.62. The first-order valence-corrected chi connectivity index (χ1v) is 7.44. The fourth-order valence-corrected chi connectivity index (χ4v) is 3.21. The van der Waals surface area contributed by atoms with E-state index in [4.69, 9.17) is 5.73 Å². The maximum atomic E-state index is 11.7. The van der Waals surface area contributed by atoms with Crippen LogP contribution in [0.25, 0.3) is 0 Å². The molecule has 1 atom stereocenters. The van der Waals surface area contributed by atoms with E-state index >= 15 is 0 Å². The summed E-state index contributed by atoms with van der Waals surface area (Å²) >= 11 is 1.89. The first-order valence-electron chi connectivity index (χ1n) is 6.22. The van der Waals surface area contributed by atoms with Crippen molar-refractivity contribution in [3.63, 3.8) is 0 Å². The highest BCUT2D eigenvalue weighted by molar-refractivity contribution is 8.00. The number of thioether (sulfide) groups is 1. The van der Waals surface area contributed by atoms with Gasteiger partial charge in [0.1, 0.15) is 0 Å². The minimum Gasteiger partial charge on any atom is -0.353 e. The largest absolute Gasteiger partial charge is 0.353 e. The van der Waals surface area contributed by atoms with Crippen LogP contribution in [0.15, 0.2) is 0 Å². The molecule has 0 aromatic carbocycles. The zero-order valence-corrected chi connectivity index (χ0v) is 11.2. The number of hydrogen-bond acceptors (Lipinski definition) is 3. The van der Waals surface area contributed by atoms with Gasteiger partial charge in [0.25, 0.3) is 0 Å². The molecule has 1 fully saturated rings. The Bertz CT molecular complexity index is 227. The maximum absolute atomic E-state index is 11.7. The zero-order valence-electron chi connectivity index (χ0n) is 10.4. The van der Waals surface area contributed by atoms with Crippen LogP contribution in [0.5, 0.6) is 0 Å². The molecule has 3 nitrogen and oxygen atoms in total. The number of amides is 1. The summed E-state index contributed by atoms with van der Waals surface area (Å²) in [5, 5.41) is 3.02. The Morgan fingerprint density at radius 2 is 2.12 bits per heavy atom. The Morgan fingerprint density at radius 1 is 1.50 bits per heavy atom. The summed E-state index contributed by atoms with van der Waals surface area (Å²) in [5.41, 5.74) is 5.78. The molecule has 1 aliphatic carbocycles. The standard InChI is InChI=1S/C12H24N2OS/c1-3-6-10(13)11(15)14-9-12(16-2)7-4-5-8-12/h10H,3-9,13H2,1-2H3,(H,14,15)/t10-/m1/s1. The van der Waals surface area contributed by atoms with Crippen LogP contribution in [-0.2, 0) is 4.79 Å². The van der Waals surface area contributed by atoms with Crippen LogP contribution in [0.3, 0.4) is 0 Å². The van der Waals surface area contributed by atoms with Crippen LogP contribution in [-0.4, -0.2) is 29.5 Å². The maximum Gasteiger partial charge on any atom is 0.236 e. The van der Waals surface area contributed by atoms with Crippen LogP contribution < -0.4 is 11.1 Å². The molecule has 1 saturated carbocycles. The summed E-state index contributed by atoms with van der Waals surface area (Å²) in [6, 6.07) is -0.328. The van der Waals surface area contributed by atoms with E-state index in [1.54, 1.807) is 0 Å². The number of hydrogen-bond donors (Lipinski definition) is 2. The van der Waals surface area contributed by atoms with Crippen molar-refractivity contribution in [2.45, 2.75) is 56.2 Å². The topological polar surface area (TPSA) is 55.1 Å². The smallest absolute Gasteiger partial charge is 0.236 e. The van der Waals surface area contributed by atoms with Crippen molar-refractivity contribution in [1.82, 2.24) is 5.32 Å². The predicted molar refractivity (Wildman–Crippen MR) is 70.6 cm³/mol. The highest BCUT2D eigenvalue weighted by Gasteiger charge is 2.33. The average Bonchev–Trinajstić information content (AvgIpc) is 2.75. The highest BCUT2D eigenvalue weighted by Crippen LogP contribution is 2.39. The average molecular weight is 244 g/mol. The molecule has 0 saturated heterocycles. The van der Waals surface area contributed by atoms with E-state index in [0.717, 1.165) is 19.4 Å². The number of carbonyl (C=O) groups is 1. The monoisotopic (exact) mass is 244 g/mol. The van der Waals surface area contributed by atoms with Crippen LogP contribution in [0.2, 0.25) is 0 Å². The van der Waals surface area contributed by atoms with Gasteiger partial charge in [-0.3, -0.25) is 4.79 Å². The first-order chi connectivity index (χ1) is 7.63. The Balaban J connectivity index is 2.35. The number of nitrogens with one attached hydrogen (secondary N) is 1. The minimum atomic E-state index is -0.328. The molecule has 0 unspecified atom stereocenters. The Morgan fingerprint density at radius 3 is 2.62 bits per heavy atom. The molecule has 1 amide bonds. The van der Waals surface area contributed by atoms with Crippen molar-refractivity contribution < 1.29 is 4.79 Å². The second-order valence-corrected chi connectivity index (χ2v) is 5.98. The van der Waals surface area contributed by atoms with E-state index in [1.165, 1.54) is 25.7 Å². The van der Waals surface area contributed by atoms with Gasteiger partial charge in [0, 0.05) is 11.3 Å². The van der Waals surface area contributed by atoms with Gasteiger partial charge >= 0.3 is 0 Å². The molecule has 0 aliphatic heterocycles. The predicted octanol–water partition coefficient (Wildman–Crippen LogP) is 1.91. The van der Waals surface area contributed by atoms with Crippen molar-refractivity contribution in [1.29, 1.82) is 0 Å². The van der Waals surface area contributed by atoms with Gasteiger partial charge in [-0.25, -0.2) is 0 Å². The second kappa shape index (κ2) is 6.50. The van der Waals surface area contributed by atoms with Crippen molar-refractivity contribution >= 4 is 17.7 Å². The van der Waals surface area contributed by atoms with Gasteiger partial charge in [-0.05, 0) is 25.5 Å². The lowest BCUT2D eigenvalue weighted by Gasteiger charge is -2.27. The summed E-state index contributed by atoms with van der Waals surface area (Å²) in [7, 11) is 0. The van der Waals surface area contributed by atoms with Gasteiger partial charge in [-0.1, -0.05) is 26.2 Å². The molecule has 0 radical (unpaired) electrons. The van der Waals surface area contributed by atoms with E-state index in [-0.39, 0.29) is 16.7 Å². The lowest BCUT2D eigenvalue weighted by atomic mass is 10.1. The fourth-order valence-electron chi connectivity index (χ4n) is 2.29. The van der Waals surface area contributed by atoms with Crippen molar-refractivity contribution in [2.24, 2.45) is 5.73 Å². The molecule has 0 heterocycles. The van der Waals surface area contributed by atoms with Gasteiger partial charge in [0.15, 0.2) is 0 Å². The van der Waals surface area contributed by atoms with Crippen LogP contribution in [0.1, 0.15) is 45.4 Å². The minimum absolute atomic E-state index is 0.0159. The number of carbonyl (C=O) groups excluding carboxylic acids is 1. The molecule has 0 bridgehead atoms. The van der Waals surface area contributed by atoms with Gasteiger partial charge in [0.05, 0.1) is 6.04 Å². The molecule has 4 heteroatoms. The van der Waals surface area contributed by atoms with Crippen molar-refractivity contribution in [2.75, 3.05) is 12.8 Å². The lowest BCUT2D eigenvalue weighted by Crippen LogP contribution is -2.46. The first kappa shape index (κ1) is 13.8. The molecule has 94 valence electrons. The van der Waals surface area contributed by atoms with Crippen LogP contribution in [0.4, 0.5) is 0 Å². The molecule has 1 aliphatic rings. The summed E-state index contributed by atoms with van der Waals surface area (Å²) in [5.74, 6) is 0.0159. The third-order valence-corrected chi connectivity index (χ3v) is 4.89. The molecule has 16 heavy (non-hydrogen) atoms. The van der Waals surface area contributed by atoms with Gasteiger partial charge in [0.2, 0.25) is 5.91 Å². The summed E-state index contributed by atoms with van der Waals surface area (Å²) in [6.07, 6.45) is 8.90. The zero-order chi connectivity index (χ0) is 12.0. The van der Waals surface area contributed by atoms with Crippen LogP contribution >= 0.6 is 11.8 Å². The van der Waals surface area contributed by atoms with E-state index in [9.17, 15) is 4.79 Å². The van der Waals surface area contributed by atoms with E-state index in [0.29, 0.717) is 0 Å². The third kappa shape index (κ3) is 3.67. The van der Waals surface area contributed by atoms with E-state index < -0.39 is 0 Å². The molecule has 0 aromatic heterocycles. The molecule has 3 N–H and O–H groups in total. The van der Waals surface area contributed by atoms with Crippen LogP contribution in [0, 0.1) is 0 Å².